The molecule has 0 saturated heterocycles. The molecule has 2 aromatic rings. The lowest BCUT2D eigenvalue weighted by molar-refractivity contribution is 0.0688. The molecule has 2 N–H and O–H groups in total. The SMILES string of the molecule is CCc1nn(C)cc1-n1cc(CCCO)c(C(=O)O)n1. The summed E-state index contributed by atoms with van der Waals surface area (Å²) in [4.78, 5) is 11.2. The summed E-state index contributed by atoms with van der Waals surface area (Å²) in [7, 11) is 1.82. The molecule has 0 aliphatic heterocycles. The molecule has 0 amide bonds. The van der Waals surface area contributed by atoms with E-state index in [1.165, 1.54) is 0 Å². The molecule has 0 saturated carbocycles. The van der Waals surface area contributed by atoms with Gasteiger partial charge in [-0.1, -0.05) is 6.92 Å². The Bertz CT molecular complexity index is 615. The fourth-order valence-corrected chi connectivity index (χ4v) is 2.13. The summed E-state index contributed by atoms with van der Waals surface area (Å²) < 4.78 is 3.24. The number of aromatic carboxylic acids is 1. The number of hydrogen-bond acceptors (Lipinski definition) is 4. The summed E-state index contributed by atoms with van der Waals surface area (Å²) in [5, 5.41) is 26.5. The monoisotopic (exact) mass is 278 g/mol. The fourth-order valence-electron chi connectivity index (χ4n) is 2.13. The first-order chi connectivity index (χ1) is 9.56. The van der Waals surface area contributed by atoms with E-state index in [9.17, 15) is 9.90 Å². The molecule has 0 bridgehead atoms. The Morgan fingerprint density at radius 3 is 2.70 bits per heavy atom. The van der Waals surface area contributed by atoms with Crippen molar-refractivity contribution in [1.82, 2.24) is 19.6 Å². The number of nitrogens with zero attached hydrogens (tertiary/aromatic N) is 4. The van der Waals surface area contributed by atoms with Crippen LogP contribution in [0.1, 0.15) is 35.1 Å². The van der Waals surface area contributed by atoms with Gasteiger partial charge in [0.2, 0.25) is 0 Å². The van der Waals surface area contributed by atoms with Crippen molar-refractivity contribution < 1.29 is 15.0 Å². The van der Waals surface area contributed by atoms with Gasteiger partial charge >= 0.3 is 5.97 Å². The molecule has 2 aromatic heterocycles. The van der Waals surface area contributed by atoms with Crippen LogP contribution in [-0.4, -0.2) is 42.4 Å². The van der Waals surface area contributed by atoms with Crippen molar-refractivity contribution in [2.45, 2.75) is 26.2 Å². The first-order valence-corrected chi connectivity index (χ1v) is 6.52. The molecule has 0 atom stereocenters. The smallest absolute Gasteiger partial charge is 0.356 e. The molecular formula is C13H18N4O3. The van der Waals surface area contributed by atoms with Gasteiger partial charge in [-0.05, 0) is 19.3 Å². The summed E-state index contributed by atoms with van der Waals surface area (Å²) in [5.41, 5.74) is 2.30. The van der Waals surface area contributed by atoms with Crippen LogP contribution in [0, 0.1) is 0 Å². The molecule has 0 aliphatic rings. The minimum atomic E-state index is -1.06. The molecule has 20 heavy (non-hydrogen) atoms. The Hall–Kier alpha value is -2.15. The van der Waals surface area contributed by atoms with Gasteiger partial charge in [-0.25, -0.2) is 9.48 Å². The highest BCUT2D eigenvalue weighted by molar-refractivity contribution is 5.87. The minimum Gasteiger partial charge on any atom is -0.476 e. The first-order valence-electron chi connectivity index (χ1n) is 6.52. The Kier molecular flexibility index (Phi) is 4.19. The van der Waals surface area contributed by atoms with E-state index in [0.717, 1.165) is 17.8 Å². The third kappa shape index (κ3) is 2.72. The molecule has 0 fully saturated rings. The maximum atomic E-state index is 11.2. The van der Waals surface area contributed by atoms with Crippen LogP contribution >= 0.6 is 0 Å². The summed E-state index contributed by atoms with van der Waals surface area (Å²) in [6, 6.07) is 0. The summed E-state index contributed by atoms with van der Waals surface area (Å²) >= 11 is 0. The number of aryl methyl sites for hydroxylation is 3. The van der Waals surface area contributed by atoms with Crippen molar-refractivity contribution >= 4 is 5.97 Å². The standard InChI is InChI=1S/C13H18N4O3/c1-3-10-11(8-16(2)14-10)17-7-9(5-4-6-18)12(15-17)13(19)20/h7-8,18H,3-6H2,1-2H3,(H,19,20). The average molecular weight is 278 g/mol. The van der Waals surface area contributed by atoms with E-state index in [0.29, 0.717) is 18.4 Å². The lowest BCUT2D eigenvalue weighted by Gasteiger charge is -1.98. The molecule has 0 aromatic carbocycles. The van der Waals surface area contributed by atoms with E-state index in [-0.39, 0.29) is 12.3 Å². The van der Waals surface area contributed by atoms with Crippen molar-refractivity contribution in [1.29, 1.82) is 0 Å². The van der Waals surface area contributed by atoms with Crippen LogP contribution in [0.15, 0.2) is 12.4 Å². The molecule has 0 radical (unpaired) electrons. The minimum absolute atomic E-state index is 0.0251. The molecule has 0 spiro atoms. The van der Waals surface area contributed by atoms with Crippen molar-refractivity contribution in [2.75, 3.05) is 6.61 Å². The van der Waals surface area contributed by atoms with Gasteiger partial charge in [-0.3, -0.25) is 4.68 Å². The zero-order chi connectivity index (χ0) is 14.7. The van der Waals surface area contributed by atoms with E-state index in [1.54, 1.807) is 15.6 Å². The normalized spacial score (nSPS) is 10.9. The van der Waals surface area contributed by atoms with Crippen LogP contribution in [0.3, 0.4) is 0 Å². The summed E-state index contributed by atoms with van der Waals surface area (Å²) in [5.74, 6) is -1.06. The number of carboxylic acids is 1. The summed E-state index contributed by atoms with van der Waals surface area (Å²) in [6.45, 7) is 2.01. The van der Waals surface area contributed by atoms with Gasteiger partial charge < -0.3 is 10.2 Å². The molecule has 0 aliphatic carbocycles. The van der Waals surface area contributed by atoms with Crippen molar-refractivity contribution in [3.63, 3.8) is 0 Å². The van der Waals surface area contributed by atoms with Crippen molar-refractivity contribution in [3.8, 4) is 5.69 Å². The number of carboxylic acid groups (broad SMARTS) is 1. The van der Waals surface area contributed by atoms with E-state index in [1.807, 2.05) is 20.2 Å². The van der Waals surface area contributed by atoms with Gasteiger partial charge in [0.15, 0.2) is 5.69 Å². The fraction of sp³-hybridized carbons (Fsp3) is 0.462. The number of rotatable bonds is 6. The largest absolute Gasteiger partial charge is 0.476 e. The predicted molar refractivity (Wildman–Crippen MR) is 72.1 cm³/mol. The van der Waals surface area contributed by atoms with Crippen LogP contribution in [0.25, 0.3) is 5.69 Å². The summed E-state index contributed by atoms with van der Waals surface area (Å²) in [6.07, 6.45) is 5.26. The Morgan fingerprint density at radius 1 is 1.35 bits per heavy atom. The third-order valence-corrected chi connectivity index (χ3v) is 3.06. The number of aliphatic hydroxyl groups excluding tert-OH is 1. The average Bonchev–Trinajstić information content (AvgIpc) is 2.99. The lowest BCUT2D eigenvalue weighted by Crippen LogP contribution is -2.03. The maximum absolute atomic E-state index is 11.2. The number of carbonyl (C=O) groups is 1. The van der Waals surface area contributed by atoms with Gasteiger partial charge in [0, 0.05) is 25.4 Å². The number of aromatic nitrogens is 4. The van der Waals surface area contributed by atoms with Gasteiger partial charge in [0.25, 0.3) is 0 Å². The molecule has 108 valence electrons. The van der Waals surface area contributed by atoms with E-state index in [2.05, 4.69) is 10.2 Å². The van der Waals surface area contributed by atoms with E-state index < -0.39 is 5.97 Å². The topological polar surface area (TPSA) is 93.2 Å². The zero-order valence-corrected chi connectivity index (χ0v) is 11.6. The second-order valence-corrected chi connectivity index (χ2v) is 4.57. The molecular weight excluding hydrogens is 260 g/mol. The Labute approximate surface area is 116 Å². The van der Waals surface area contributed by atoms with E-state index >= 15 is 0 Å². The second kappa shape index (κ2) is 5.87. The van der Waals surface area contributed by atoms with Crippen molar-refractivity contribution in [3.05, 3.63) is 29.3 Å². The second-order valence-electron chi connectivity index (χ2n) is 4.57. The third-order valence-electron chi connectivity index (χ3n) is 3.06. The van der Waals surface area contributed by atoms with Gasteiger partial charge in [-0.2, -0.15) is 10.2 Å². The molecule has 0 unspecified atom stereocenters. The molecule has 7 nitrogen and oxygen atoms in total. The molecule has 2 rings (SSSR count). The number of aliphatic hydroxyl groups is 1. The predicted octanol–water partition coefficient (Wildman–Crippen LogP) is 0.791. The maximum Gasteiger partial charge on any atom is 0.356 e. The molecule has 2 heterocycles. The van der Waals surface area contributed by atoms with Crippen molar-refractivity contribution in [2.24, 2.45) is 7.05 Å². The zero-order valence-electron chi connectivity index (χ0n) is 11.6. The number of hydrogen-bond donors (Lipinski definition) is 2. The van der Waals surface area contributed by atoms with Crippen LogP contribution < -0.4 is 0 Å². The van der Waals surface area contributed by atoms with Crippen LogP contribution in [0.4, 0.5) is 0 Å². The highest BCUT2D eigenvalue weighted by Gasteiger charge is 2.18. The highest BCUT2D eigenvalue weighted by atomic mass is 16.4. The van der Waals surface area contributed by atoms with Crippen LogP contribution in [-0.2, 0) is 19.9 Å². The molecule has 7 heteroatoms. The van der Waals surface area contributed by atoms with E-state index in [4.69, 9.17) is 5.11 Å². The van der Waals surface area contributed by atoms with Crippen LogP contribution in [0.2, 0.25) is 0 Å². The van der Waals surface area contributed by atoms with Gasteiger partial charge in [0.1, 0.15) is 5.69 Å². The lowest BCUT2D eigenvalue weighted by atomic mass is 10.1. The Balaban J connectivity index is 2.44. The first kappa shape index (κ1) is 14.3. The quantitative estimate of drug-likeness (QED) is 0.815. The van der Waals surface area contributed by atoms with Gasteiger partial charge in [0.05, 0.1) is 11.9 Å². The van der Waals surface area contributed by atoms with Gasteiger partial charge in [-0.15, -0.1) is 0 Å². The van der Waals surface area contributed by atoms with Crippen LogP contribution in [0.5, 0.6) is 0 Å². The Morgan fingerprint density at radius 2 is 2.10 bits per heavy atom. The highest BCUT2D eigenvalue weighted by Crippen LogP contribution is 2.17.